The van der Waals surface area contributed by atoms with Gasteiger partial charge in [0.25, 0.3) is 0 Å². The minimum atomic E-state index is -1.31. The quantitative estimate of drug-likeness (QED) is 0.540. The molecule has 0 amide bonds. The molecule has 0 N–H and O–H groups in total. The first-order valence-corrected chi connectivity index (χ1v) is 9.91. The van der Waals surface area contributed by atoms with Crippen LogP contribution in [0.2, 0.25) is 31.7 Å². The molecular weight excluding hydrogens is 172 g/mol. The SMILES string of the molecule is C[SiH]1CCO[Si](C)(C)CCO1. The zero-order chi connectivity index (χ0) is 8.32. The average Bonchev–Trinajstić information content (AvgIpc) is 1.83. The molecule has 2 nitrogen and oxygen atoms in total. The van der Waals surface area contributed by atoms with Crippen LogP contribution in [-0.4, -0.2) is 30.6 Å². The van der Waals surface area contributed by atoms with Crippen molar-refractivity contribution in [1.82, 2.24) is 0 Å². The van der Waals surface area contributed by atoms with E-state index < -0.39 is 17.4 Å². The second kappa shape index (κ2) is 3.84. The summed E-state index contributed by atoms with van der Waals surface area (Å²) in [6.07, 6.45) is 0. The predicted molar refractivity (Wildman–Crippen MR) is 52.0 cm³/mol. The molecular formula is C7H18O2Si2. The van der Waals surface area contributed by atoms with E-state index in [1.807, 2.05) is 0 Å². The molecule has 0 aliphatic carbocycles. The van der Waals surface area contributed by atoms with Gasteiger partial charge in [0.05, 0.1) is 0 Å². The van der Waals surface area contributed by atoms with Crippen LogP contribution in [0.3, 0.4) is 0 Å². The Labute approximate surface area is 71.8 Å². The molecule has 0 aromatic rings. The van der Waals surface area contributed by atoms with Crippen LogP contribution in [0.25, 0.3) is 0 Å². The fourth-order valence-electron chi connectivity index (χ4n) is 1.16. The molecule has 4 heteroatoms. The van der Waals surface area contributed by atoms with Crippen molar-refractivity contribution in [3.05, 3.63) is 0 Å². The highest BCUT2D eigenvalue weighted by atomic mass is 28.4. The third-order valence-corrected chi connectivity index (χ3v) is 6.37. The summed E-state index contributed by atoms with van der Waals surface area (Å²) in [6, 6.07) is 2.36. The van der Waals surface area contributed by atoms with E-state index in [-0.39, 0.29) is 0 Å². The summed E-state index contributed by atoms with van der Waals surface area (Å²) in [7, 11) is -2.13. The maximum atomic E-state index is 5.83. The molecule has 1 unspecified atom stereocenters. The molecule has 0 saturated carbocycles. The van der Waals surface area contributed by atoms with Gasteiger partial charge >= 0.3 is 0 Å². The summed E-state index contributed by atoms with van der Waals surface area (Å²) in [6.45, 7) is 8.70. The molecule has 11 heavy (non-hydrogen) atoms. The highest BCUT2D eigenvalue weighted by Gasteiger charge is 2.24. The summed E-state index contributed by atoms with van der Waals surface area (Å²) >= 11 is 0. The Kier molecular flexibility index (Phi) is 3.30. The first-order valence-electron chi connectivity index (χ1n) is 4.36. The predicted octanol–water partition coefficient (Wildman–Crippen LogP) is 1.59. The Bertz CT molecular complexity index is 116. The van der Waals surface area contributed by atoms with E-state index in [9.17, 15) is 0 Å². The highest BCUT2D eigenvalue weighted by Crippen LogP contribution is 2.15. The Morgan fingerprint density at radius 3 is 2.73 bits per heavy atom. The second-order valence-corrected chi connectivity index (χ2v) is 10.7. The first kappa shape index (κ1) is 9.44. The van der Waals surface area contributed by atoms with Crippen molar-refractivity contribution in [2.75, 3.05) is 13.2 Å². The first-order chi connectivity index (χ1) is 5.10. The molecule has 1 fully saturated rings. The van der Waals surface area contributed by atoms with Crippen LogP contribution >= 0.6 is 0 Å². The van der Waals surface area contributed by atoms with Crippen molar-refractivity contribution in [3.63, 3.8) is 0 Å². The molecule has 66 valence electrons. The Balaban J connectivity index is 2.35. The van der Waals surface area contributed by atoms with Gasteiger partial charge in [0, 0.05) is 13.2 Å². The van der Waals surface area contributed by atoms with Crippen LogP contribution in [0.4, 0.5) is 0 Å². The lowest BCUT2D eigenvalue weighted by Crippen LogP contribution is -2.36. The van der Waals surface area contributed by atoms with Crippen LogP contribution in [0, 0.1) is 0 Å². The summed E-state index contributed by atoms with van der Waals surface area (Å²) in [4.78, 5) is 0. The summed E-state index contributed by atoms with van der Waals surface area (Å²) in [5.41, 5.74) is 0. The van der Waals surface area contributed by atoms with E-state index in [0.29, 0.717) is 0 Å². The van der Waals surface area contributed by atoms with E-state index in [0.717, 1.165) is 13.2 Å². The molecule has 1 heterocycles. The van der Waals surface area contributed by atoms with Gasteiger partial charge in [-0.05, 0) is 31.7 Å². The van der Waals surface area contributed by atoms with Crippen molar-refractivity contribution >= 4 is 17.4 Å². The Morgan fingerprint density at radius 1 is 1.27 bits per heavy atom. The van der Waals surface area contributed by atoms with E-state index in [1.165, 1.54) is 12.1 Å². The molecule has 1 aliphatic heterocycles. The van der Waals surface area contributed by atoms with Gasteiger partial charge in [-0.15, -0.1) is 0 Å². The van der Waals surface area contributed by atoms with E-state index >= 15 is 0 Å². The molecule has 1 atom stereocenters. The lowest BCUT2D eigenvalue weighted by Gasteiger charge is -2.27. The fourth-order valence-corrected chi connectivity index (χ4v) is 4.19. The minimum absolute atomic E-state index is 0.829. The normalized spacial score (nSPS) is 32.5. The minimum Gasteiger partial charge on any atom is -0.420 e. The van der Waals surface area contributed by atoms with Crippen molar-refractivity contribution in [2.45, 2.75) is 31.7 Å². The Morgan fingerprint density at radius 2 is 2.00 bits per heavy atom. The number of hydrogen-bond donors (Lipinski definition) is 0. The van der Waals surface area contributed by atoms with Gasteiger partial charge in [-0.2, -0.15) is 0 Å². The Hall–Kier alpha value is 0.354. The molecule has 0 aromatic heterocycles. The monoisotopic (exact) mass is 190 g/mol. The van der Waals surface area contributed by atoms with Crippen LogP contribution < -0.4 is 0 Å². The molecule has 0 spiro atoms. The molecule has 1 rings (SSSR count). The number of rotatable bonds is 0. The third-order valence-electron chi connectivity index (χ3n) is 2.12. The smallest absolute Gasteiger partial charge is 0.188 e. The lowest BCUT2D eigenvalue weighted by atomic mass is 10.9. The van der Waals surface area contributed by atoms with Crippen molar-refractivity contribution in [3.8, 4) is 0 Å². The van der Waals surface area contributed by atoms with Gasteiger partial charge in [-0.1, -0.05) is 0 Å². The van der Waals surface area contributed by atoms with E-state index in [4.69, 9.17) is 8.85 Å². The zero-order valence-corrected chi connectivity index (χ0v) is 9.88. The summed E-state index contributed by atoms with van der Waals surface area (Å²) in [5, 5.41) is 0. The topological polar surface area (TPSA) is 18.5 Å². The van der Waals surface area contributed by atoms with Gasteiger partial charge in [0.2, 0.25) is 0 Å². The lowest BCUT2D eigenvalue weighted by molar-refractivity contribution is 0.272. The second-order valence-electron chi connectivity index (χ2n) is 3.83. The van der Waals surface area contributed by atoms with Gasteiger partial charge in [-0.3, -0.25) is 0 Å². The van der Waals surface area contributed by atoms with Crippen LogP contribution in [0.15, 0.2) is 0 Å². The third kappa shape index (κ3) is 3.51. The van der Waals surface area contributed by atoms with Gasteiger partial charge in [0.15, 0.2) is 17.4 Å². The largest absolute Gasteiger partial charge is 0.420 e. The number of hydrogen-bond acceptors (Lipinski definition) is 2. The summed E-state index contributed by atoms with van der Waals surface area (Å²) in [5.74, 6) is 0. The van der Waals surface area contributed by atoms with Crippen molar-refractivity contribution < 1.29 is 8.85 Å². The maximum Gasteiger partial charge on any atom is 0.188 e. The van der Waals surface area contributed by atoms with Crippen LogP contribution in [0.1, 0.15) is 0 Å². The molecule has 0 radical (unpaired) electrons. The molecule has 1 aliphatic rings. The van der Waals surface area contributed by atoms with E-state index in [1.54, 1.807) is 0 Å². The average molecular weight is 190 g/mol. The van der Waals surface area contributed by atoms with E-state index in [2.05, 4.69) is 19.6 Å². The standard InChI is InChI=1S/C7H18O2Si2/c1-10-6-4-9-11(2,3)7-5-8-10/h10H,4-7H2,1-3H3. The fraction of sp³-hybridized carbons (Fsp3) is 1.00. The van der Waals surface area contributed by atoms with Gasteiger partial charge in [0.1, 0.15) is 0 Å². The zero-order valence-electron chi connectivity index (χ0n) is 7.72. The molecule has 1 saturated heterocycles. The summed E-state index contributed by atoms with van der Waals surface area (Å²) < 4.78 is 11.5. The van der Waals surface area contributed by atoms with Crippen molar-refractivity contribution in [2.24, 2.45) is 0 Å². The molecule has 0 bridgehead atoms. The molecule has 0 aromatic carbocycles. The van der Waals surface area contributed by atoms with Gasteiger partial charge < -0.3 is 8.85 Å². The van der Waals surface area contributed by atoms with Crippen LogP contribution in [-0.2, 0) is 8.85 Å². The highest BCUT2D eigenvalue weighted by molar-refractivity contribution is 6.71. The maximum absolute atomic E-state index is 5.83. The van der Waals surface area contributed by atoms with Crippen LogP contribution in [0.5, 0.6) is 0 Å². The van der Waals surface area contributed by atoms with Gasteiger partial charge in [-0.25, -0.2) is 0 Å². The van der Waals surface area contributed by atoms with Crippen molar-refractivity contribution in [1.29, 1.82) is 0 Å².